The number of carbonyl (C=O) groups is 3. The van der Waals surface area contributed by atoms with Gasteiger partial charge in [0.05, 0.1) is 49.4 Å². The summed E-state index contributed by atoms with van der Waals surface area (Å²) in [5, 5.41) is 15.0. The average molecular weight is 1290 g/mol. The molecule has 9 rings (SSSR count). The van der Waals surface area contributed by atoms with Gasteiger partial charge in [-0.25, -0.2) is 0 Å². The van der Waals surface area contributed by atoms with Crippen molar-refractivity contribution in [3.8, 4) is 0 Å². The van der Waals surface area contributed by atoms with Crippen LogP contribution in [0.1, 0.15) is 193 Å². The first-order valence-corrected chi connectivity index (χ1v) is 34.8. The zero-order valence-electron chi connectivity index (χ0n) is 53.0. The van der Waals surface area contributed by atoms with E-state index in [-0.39, 0.29) is 18.2 Å². The molecule has 10 nitrogen and oxygen atoms in total. The lowest BCUT2D eigenvalue weighted by Gasteiger charge is -2.50. The predicted octanol–water partition coefficient (Wildman–Crippen LogP) is 17.3. The molecule has 6 fully saturated rings. The number of likely N-dealkylation sites (N-methyl/N-ethyl adjacent to an activating group) is 3. The van der Waals surface area contributed by atoms with Crippen LogP contribution in [-0.2, 0) is 33.6 Å². The largest absolute Gasteiger partial charge is 0.481 e. The van der Waals surface area contributed by atoms with Crippen molar-refractivity contribution < 1.29 is 19.5 Å². The maximum atomic E-state index is 13.2. The van der Waals surface area contributed by atoms with Gasteiger partial charge in [0, 0.05) is 50.3 Å². The Balaban J connectivity index is 0.000000191. The lowest BCUT2D eigenvalue weighted by atomic mass is 9.66. The lowest BCUT2D eigenvalue weighted by Crippen LogP contribution is -2.56. The highest BCUT2D eigenvalue weighted by Crippen LogP contribution is 2.48. The third-order valence-electron chi connectivity index (χ3n) is 21.7. The monoisotopic (exact) mass is 1290 g/mol. The second kappa shape index (κ2) is 34.2. The smallest absolute Gasteiger partial charge is 0.307 e. The van der Waals surface area contributed by atoms with Crippen LogP contribution >= 0.6 is 69.6 Å². The minimum absolute atomic E-state index is 0.0309. The Labute approximate surface area is 543 Å². The van der Waals surface area contributed by atoms with E-state index in [1.165, 1.54) is 161 Å². The number of hydrogen-bond acceptors (Lipinski definition) is 7. The normalized spacial score (nSPS) is 24.7. The summed E-state index contributed by atoms with van der Waals surface area (Å²) in [6.45, 7) is 21.5. The molecule has 0 aromatic heterocycles. The van der Waals surface area contributed by atoms with Crippen LogP contribution in [0.3, 0.4) is 0 Å². The number of carbonyl (C=O) groups excluding carboxylic acids is 2. The molecule has 3 aromatic rings. The molecule has 0 bridgehead atoms. The van der Waals surface area contributed by atoms with Crippen LogP contribution in [0.25, 0.3) is 0 Å². The molecule has 3 heterocycles. The first kappa shape index (κ1) is 71.7. The molecule has 6 aliphatic rings. The second-order valence-electron chi connectivity index (χ2n) is 26.0. The molecule has 6 atom stereocenters. The number of benzene rings is 3. The van der Waals surface area contributed by atoms with E-state index in [2.05, 4.69) is 68.6 Å². The number of carboxylic acids is 1. The van der Waals surface area contributed by atoms with Crippen LogP contribution in [0.4, 0.5) is 0 Å². The van der Waals surface area contributed by atoms with Crippen molar-refractivity contribution in [1.82, 2.24) is 29.8 Å². The lowest BCUT2D eigenvalue weighted by molar-refractivity contribution is -0.136. The Morgan fingerprint density at radius 1 is 0.471 bits per heavy atom. The van der Waals surface area contributed by atoms with Gasteiger partial charge in [0.2, 0.25) is 11.8 Å². The van der Waals surface area contributed by atoms with E-state index in [1.54, 1.807) is 30.3 Å². The van der Waals surface area contributed by atoms with Crippen molar-refractivity contribution in [2.75, 3.05) is 60.4 Å². The summed E-state index contributed by atoms with van der Waals surface area (Å²) in [7, 11) is 6.17. The fourth-order valence-electron chi connectivity index (χ4n) is 15.4. The Kier molecular flexibility index (Phi) is 28.8. The standard InChI is InChI=1S/2C23H34Cl2N2O.C15H30N2.C8H6Cl2O2/c1-4-23(5-2)11-10-20(27-12-6-7-13-27)21(16-23)26(3)22(28)15-17-8-9-18(24)19(25)14-17;1-4-23(5-2)11-10-20(21(16-23)27-12-6-7-13-27)26(3)22(28)15-17-8-9-18(24)19(25)14-17;1-4-15(5-2)9-8-14(13(12-15)16-3)17-10-6-7-11-17;9-6-2-1-5(3-7(6)10)4-8(11)12/h2*8-9,14,20-21H,4-7,10-13,15-16H2,1-3H3;13-14,16H,4-12H2,1-3H3;1-3H,4H2,(H,11,12)/t2*20-,21-;13-,14-;/m111./s1. The van der Waals surface area contributed by atoms with Gasteiger partial charge in [0.25, 0.3) is 0 Å². The number of amides is 2. The minimum Gasteiger partial charge on any atom is -0.481 e. The highest BCUT2D eigenvalue weighted by molar-refractivity contribution is 6.43. The van der Waals surface area contributed by atoms with E-state index in [1.807, 2.05) is 48.2 Å². The van der Waals surface area contributed by atoms with Crippen LogP contribution in [0.2, 0.25) is 30.1 Å². The maximum absolute atomic E-state index is 13.2. The fraction of sp³-hybridized carbons (Fsp3) is 0.696. The van der Waals surface area contributed by atoms with Crippen LogP contribution in [0, 0.1) is 16.2 Å². The van der Waals surface area contributed by atoms with Crippen molar-refractivity contribution >= 4 is 87.4 Å². The summed E-state index contributed by atoms with van der Waals surface area (Å²) in [4.78, 5) is 48.7. The summed E-state index contributed by atoms with van der Waals surface area (Å²) in [6, 6.07) is 18.9. The number of likely N-dealkylation sites (tertiary alicyclic amines) is 3. The molecule has 476 valence electrons. The highest BCUT2D eigenvalue weighted by Gasteiger charge is 2.46. The van der Waals surface area contributed by atoms with Crippen LogP contribution in [0.5, 0.6) is 0 Å². The number of carboxylic acid groups (broad SMARTS) is 1. The Morgan fingerprint density at radius 3 is 1.20 bits per heavy atom. The summed E-state index contributed by atoms with van der Waals surface area (Å²) in [5.41, 5.74) is 3.95. The molecule has 3 saturated heterocycles. The van der Waals surface area contributed by atoms with Crippen molar-refractivity contribution in [3.63, 3.8) is 0 Å². The molecule has 0 spiro atoms. The summed E-state index contributed by atoms with van der Waals surface area (Å²) in [6.07, 6.45) is 27.7. The summed E-state index contributed by atoms with van der Waals surface area (Å²) >= 11 is 35.6. The first-order chi connectivity index (χ1) is 40.6. The molecule has 0 radical (unpaired) electrons. The van der Waals surface area contributed by atoms with Gasteiger partial charge in [-0.3, -0.25) is 29.1 Å². The maximum Gasteiger partial charge on any atom is 0.307 e. The molecule has 3 aliphatic carbocycles. The molecule has 16 heteroatoms. The van der Waals surface area contributed by atoms with Gasteiger partial charge in [-0.05, 0) is 212 Å². The number of nitrogens with one attached hydrogen (secondary N) is 1. The Hall–Kier alpha value is -2.35. The molecule has 85 heavy (non-hydrogen) atoms. The summed E-state index contributed by atoms with van der Waals surface area (Å²) in [5.74, 6) is -0.530. The first-order valence-electron chi connectivity index (χ1n) is 32.6. The number of nitrogens with zero attached hydrogens (tertiary/aromatic N) is 5. The van der Waals surface area contributed by atoms with Crippen molar-refractivity contribution in [1.29, 1.82) is 0 Å². The zero-order valence-corrected chi connectivity index (χ0v) is 57.6. The minimum atomic E-state index is -0.881. The van der Waals surface area contributed by atoms with Gasteiger partial charge in [-0.15, -0.1) is 0 Å². The molecular weight excluding hydrogens is 1190 g/mol. The van der Waals surface area contributed by atoms with Crippen molar-refractivity contribution in [2.45, 2.75) is 232 Å². The second-order valence-corrected chi connectivity index (χ2v) is 28.4. The Morgan fingerprint density at radius 2 is 0.812 bits per heavy atom. The van der Waals surface area contributed by atoms with Crippen LogP contribution in [0.15, 0.2) is 54.6 Å². The third-order valence-corrected chi connectivity index (χ3v) is 23.9. The van der Waals surface area contributed by atoms with Gasteiger partial charge in [0.15, 0.2) is 0 Å². The van der Waals surface area contributed by atoms with E-state index >= 15 is 0 Å². The number of rotatable bonds is 18. The molecule has 2 N–H and O–H groups in total. The molecule has 3 aromatic carbocycles. The molecule has 3 aliphatic heterocycles. The Bertz CT molecular complexity index is 2580. The topological polar surface area (TPSA) is 99.7 Å². The molecular formula is C69H104Cl6N6O4. The van der Waals surface area contributed by atoms with Crippen molar-refractivity contribution in [3.05, 3.63) is 101 Å². The highest BCUT2D eigenvalue weighted by atomic mass is 35.5. The van der Waals surface area contributed by atoms with Gasteiger partial charge < -0.3 is 20.2 Å². The van der Waals surface area contributed by atoms with E-state index < -0.39 is 5.97 Å². The van der Waals surface area contributed by atoms with Gasteiger partial charge in [0.1, 0.15) is 0 Å². The third kappa shape index (κ3) is 19.6. The zero-order chi connectivity index (χ0) is 62.1. The van der Waals surface area contributed by atoms with E-state index in [0.717, 1.165) is 36.1 Å². The number of halogens is 6. The molecule has 3 saturated carbocycles. The van der Waals surface area contributed by atoms with E-state index in [9.17, 15) is 14.4 Å². The van der Waals surface area contributed by atoms with Gasteiger partial charge >= 0.3 is 5.97 Å². The van der Waals surface area contributed by atoms with Crippen LogP contribution < -0.4 is 5.32 Å². The van der Waals surface area contributed by atoms with Crippen molar-refractivity contribution in [2.24, 2.45) is 16.2 Å². The van der Waals surface area contributed by atoms with E-state index in [4.69, 9.17) is 74.7 Å². The number of aliphatic carboxylic acids is 1. The fourth-order valence-corrected chi connectivity index (χ4v) is 16.3. The van der Waals surface area contributed by atoms with Crippen LogP contribution in [-0.4, -0.2) is 144 Å². The van der Waals surface area contributed by atoms with Gasteiger partial charge in [-0.2, -0.15) is 0 Å². The molecule has 0 unspecified atom stereocenters. The van der Waals surface area contributed by atoms with Gasteiger partial charge in [-0.1, -0.05) is 168 Å². The molecule has 2 amide bonds. The average Bonchev–Trinajstić information content (AvgIpc) is 4.55. The number of hydrogen-bond donors (Lipinski definition) is 2. The quantitative estimate of drug-likeness (QED) is 0.130. The summed E-state index contributed by atoms with van der Waals surface area (Å²) < 4.78 is 0. The predicted molar refractivity (Wildman–Crippen MR) is 358 cm³/mol. The SMILES string of the molecule is CCC1(CC)CC[C@@H](N(C)C(=O)Cc2ccc(Cl)c(Cl)c2)[C@H](N2CCCC2)C1.CCC1(CC)CC[C@@H](N2CCCC2)[C@H](N(C)C(=O)Cc2ccc(Cl)c(Cl)c2)C1.CCC1(CC)CC[C@@H](N2CCCC2)[C@H](NC)C1.O=C(O)Cc1ccc(Cl)c(Cl)c1. The van der Waals surface area contributed by atoms with E-state index in [0.29, 0.717) is 89.0 Å².